The Bertz CT molecular complexity index is 628. The number of nitrogens with one attached hydrogen (secondary N) is 1. The highest BCUT2D eigenvalue weighted by Gasteiger charge is 2.23. The van der Waals surface area contributed by atoms with E-state index in [1.54, 1.807) is 22.4 Å². The Kier molecular flexibility index (Phi) is 5.54. The number of hydrogen-bond acceptors (Lipinski definition) is 5. The SMILES string of the molecule is CS(=O)(=O)N1CCCN(C(=O)CNC(=O)c2cccs2)CC1. The van der Waals surface area contributed by atoms with Crippen molar-refractivity contribution >= 4 is 33.2 Å². The van der Waals surface area contributed by atoms with Crippen LogP contribution in [-0.2, 0) is 14.8 Å². The minimum Gasteiger partial charge on any atom is -0.342 e. The normalized spacial score (nSPS) is 17.0. The van der Waals surface area contributed by atoms with E-state index in [4.69, 9.17) is 0 Å². The van der Waals surface area contributed by atoms with E-state index in [-0.39, 0.29) is 18.4 Å². The van der Waals surface area contributed by atoms with Crippen molar-refractivity contribution in [1.82, 2.24) is 14.5 Å². The van der Waals surface area contributed by atoms with Crippen LogP contribution in [0.3, 0.4) is 0 Å². The number of sulfonamides is 1. The molecule has 0 unspecified atom stereocenters. The molecule has 1 aromatic rings. The third-order valence-electron chi connectivity index (χ3n) is 3.42. The highest BCUT2D eigenvalue weighted by molar-refractivity contribution is 7.88. The summed E-state index contributed by atoms with van der Waals surface area (Å²) >= 11 is 1.31. The lowest BCUT2D eigenvalue weighted by Gasteiger charge is -2.21. The Morgan fingerprint density at radius 3 is 2.68 bits per heavy atom. The highest BCUT2D eigenvalue weighted by atomic mass is 32.2. The second-order valence-electron chi connectivity index (χ2n) is 5.06. The molecule has 0 saturated carbocycles. The summed E-state index contributed by atoms with van der Waals surface area (Å²) in [7, 11) is -3.23. The third-order valence-corrected chi connectivity index (χ3v) is 5.59. The van der Waals surface area contributed by atoms with E-state index < -0.39 is 10.0 Å². The van der Waals surface area contributed by atoms with Gasteiger partial charge in [0.1, 0.15) is 0 Å². The van der Waals surface area contributed by atoms with Gasteiger partial charge in [0.25, 0.3) is 5.91 Å². The molecule has 0 radical (unpaired) electrons. The Balaban J connectivity index is 1.84. The molecule has 122 valence electrons. The van der Waals surface area contributed by atoms with E-state index in [9.17, 15) is 18.0 Å². The predicted molar refractivity (Wildman–Crippen MR) is 84.3 cm³/mol. The largest absolute Gasteiger partial charge is 0.342 e. The second kappa shape index (κ2) is 7.21. The van der Waals surface area contributed by atoms with Gasteiger partial charge < -0.3 is 10.2 Å². The predicted octanol–water partition coefficient (Wildman–Crippen LogP) is -0.0282. The molecule has 0 aromatic carbocycles. The number of hydrogen-bond donors (Lipinski definition) is 1. The van der Waals surface area contributed by atoms with Crippen molar-refractivity contribution < 1.29 is 18.0 Å². The lowest BCUT2D eigenvalue weighted by molar-refractivity contribution is -0.129. The van der Waals surface area contributed by atoms with Crippen LogP contribution in [0.25, 0.3) is 0 Å². The van der Waals surface area contributed by atoms with Crippen molar-refractivity contribution in [2.24, 2.45) is 0 Å². The highest BCUT2D eigenvalue weighted by Crippen LogP contribution is 2.09. The van der Waals surface area contributed by atoms with Crippen LogP contribution in [0, 0.1) is 0 Å². The molecular weight excluding hydrogens is 326 g/mol. The molecule has 1 N–H and O–H groups in total. The quantitative estimate of drug-likeness (QED) is 0.830. The molecule has 2 rings (SSSR count). The van der Waals surface area contributed by atoms with E-state index in [1.807, 2.05) is 0 Å². The first kappa shape index (κ1) is 16.9. The monoisotopic (exact) mass is 345 g/mol. The van der Waals surface area contributed by atoms with E-state index in [2.05, 4.69) is 5.32 Å². The van der Waals surface area contributed by atoms with Crippen molar-refractivity contribution in [3.8, 4) is 0 Å². The number of carbonyl (C=O) groups excluding carboxylic acids is 2. The van der Waals surface area contributed by atoms with Crippen LogP contribution in [0.2, 0.25) is 0 Å². The van der Waals surface area contributed by atoms with Gasteiger partial charge in [-0.25, -0.2) is 12.7 Å². The molecule has 22 heavy (non-hydrogen) atoms. The molecule has 9 heteroatoms. The van der Waals surface area contributed by atoms with Crippen LogP contribution in [0.1, 0.15) is 16.1 Å². The van der Waals surface area contributed by atoms with Gasteiger partial charge in [-0.15, -0.1) is 11.3 Å². The van der Waals surface area contributed by atoms with Gasteiger partial charge >= 0.3 is 0 Å². The average Bonchev–Trinajstić information content (AvgIpc) is 2.87. The maximum atomic E-state index is 12.1. The summed E-state index contributed by atoms with van der Waals surface area (Å²) in [5.74, 6) is -0.462. The standard InChI is InChI=1S/C13H19N3O4S2/c1-22(19,20)16-6-3-5-15(7-8-16)12(17)10-14-13(18)11-4-2-9-21-11/h2,4,9H,3,5-8,10H2,1H3,(H,14,18). The maximum Gasteiger partial charge on any atom is 0.261 e. The van der Waals surface area contributed by atoms with Crippen molar-refractivity contribution in [3.63, 3.8) is 0 Å². The number of thiophene rings is 1. The Morgan fingerprint density at radius 1 is 1.27 bits per heavy atom. The smallest absolute Gasteiger partial charge is 0.261 e. The van der Waals surface area contributed by atoms with Crippen LogP contribution in [0.15, 0.2) is 17.5 Å². The molecule has 1 aromatic heterocycles. The van der Waals surface area contributed by atoms with E-state index >= 15 is 0 Å². The van der Waals surface area contributed by atoms with Crippen LogP contribution < -0.4 is 5.32 Å². The van der Waals surface area contributed by atoms with Crippen LogP contribution in [0.5, 0.6) is 0 Å². The summed E-state index contributed by atoms with van der Waals surface area (Å²) in [6, 6.07) is 3.47. The fourth-order valence-electron chi connectivity index (χ4n) is 2.24. The fraction of sp³-hybridized carbons (Fsp3) is 0.538. The summed E-state index contributed by atoms with van der Waals surface area (Å²) in [6.07, 6.45) is 1.77. The molecule has 2 amide bonds. The van der Waals surface area contributed by atoms with Crippen molar-refractivity contribution in [2.75, 3.05) is 39.0 Å². The van der Waals surface area contributed by atoms with Crippen LogP contribution in [-0.4, -0.2) is 68.4 Å². The van der Waals surface area contributed by atoms with Crippen molar-refractivity contribution in [1.29, 1.82) is 0 Å². The Labute approximate surface area is 134 Å². The van der Waals surface area contributed by atoms with Gasteiger partial charge in [0.2, 0.25) is 15.9 Å². The summed E-state index contributed by atoms with van der Waals surface area (Å²) < 4.78 is 24.4. The molecule has 1 aliphatic heterocycles. The summed E-state index contributed by atoms with van der Waals surface area (Å²) in [6.45, 7) is 1.49. The van der Waals surface area contributed by atoms with Gasteiger partial charge in [-0.05, 0) is 17.9 Å². The van der Waals surface area contributed by atoms with Gasteiger partial charge in [0.15, 0.2) is 0 Å². The molecule has 2 heterocycles. The minimum atomic E-state index is -3.23. The summed E-state index contributed by atoms with van der Waals surface area (Å²) in [5.41, 5.74) is 0. The molecule has 7 nitrogen and oxygen atoms in total. The first-order valence-corrected chi connectivity index (χ1v) is 9.65. The van der Waals surface area contributed by atoms with Crippen molar-refractivity contribution in [2.45, 2.75) is 6.42 Å². The van der Waals surface area contributed by atoms with Crippen molar-refractivity contribution in [3.05, 3.63) is 22.4 Å². The molecule has 1 fully saturated rings. The molecule has 0 aliphatic carbocycles. The van der Waals surface area contributed by atoms with Gasteiger partial charge in [-0.1, -0.05) is 6.07 Å². The summed E-state index contributed by atoms with van der Waals surface area (Å²) in [5, 5.41) is 4.39. The first-order chi connectivity index (χ1) is 10.4. The number of rotatable bonds is 4. The topological polar surface area (TPSA) is 86.8 Å². The fourth-order valence-corrected chi connectivity index (χ4v) is 3.75. The van der Waals surface area contributed by atoms with E-state index in [1.165, 1.54) is 21.9 Å². The molecule has 0 atom stereocenters. The van der Waals surface area contributed by atoms with Crippen LogP contribution >= 0.6 is 11.3 Å². The number of amides is 2. The van der Waals surface area contributed by atoms with E-state index in [0.29, 0.717) is 37.5 Å². The summed E-state index contributed by atoms with van der Waals surface area (Å²) in [4.78, 5) is 26.1. The minimum absolute atomic E-state index is 0.0738. The lowest BCUT2D eigenvalue weighted by Crippen LogP contribution is -2.42. The average molecular weight is 345 g/mol. The number of carbonyl (C=O) groups is 2. The van der Waals surface area contributed by atoms with Gasteiger partial charge in [-0.3, -0.25) is 9.59 Å². The molecular formula is C13H19N3O4S2. The Hall–Kier alpha value is -1.45. The van der Waals surface area contributed by atoms with E-state index in [0.717, 1.165) is 0 Å². The van der Waals surface area contributed by atoms with Crippen LogP contribution in [0.4, 0.5) is 0 Å². The first-order valence-electron chi connectivity index (χ1n) is 6.92. The molecule has 0 bridgehead atoms. The number of nitrogens with zero attached hydrogens (tertiary/aromatic N) is 2. The van der Waals surface area contributed by atoms with Gasteiger partial charge in [-0.2, -0.15) is 0 Å². The lowest BCUT2D eigenvalue weighted by atomic mass is 10.3. The zero-order chi connectivity index (χ0) is 16.2. The Morgan fingerprint density at radius 2 is 2.05 bits per heavy atom. The molecule has 1 aliphatic rings. The van der Waals surface area contributed by atoms with Gasteiger partial charge in [0.05, 0.1) is 17.7 Å². The zero-order valence-electron chi connectivity index (χ0n) is 12.3. The molecule has 1 saturated heterocycles. The van der Waals surface area contributed by atoms with Gasteiger partial charge in [0, 0.05) is 26.2 Å². The second-order valence-corrected chi connectivity index (χ2v) is 7.99. The zero-order valence-corrected chi connectivity index (χ0v) is 14.0. The third kappa shape index (κ3) is 4.52. The molecule has 0 spiro atoms. The maximum absolute atomic E-state index is 12.1.